The molecule has 0 saturated heterocycles. The number of esters is 1. The lowest BCUT2D eigenvalue weighted by molar-refractivity contribution is -0.188. The molecule has 1 aliphatic rings. The maximum Gasteiger partial charge on any atom is 0.422 e. The van der Waals surface area contributed by atoms with E-state index in [-0.39, 0.29) is 5.71 Å². The molecule has 7 nitrogen and oxygen atoms in total. The van der Waals surface area contributed by atoms with Crippen molar-refractivity contribution in [1.29, 1.82) is 0 Å². The van der Waals surface area contributed by atoms with Crippen molar-refractivity contribution in [3.63, 3.8) is 0 Å². The molecule has 1 heterocycles. The molecule has 0 fully saturated rings. The van der Waals surface area contributed by atoms with Crippen molar-refractivity contribution < 1.29 is 37.0 Å². The number of nitrogens with zero attached hydrogens (tertiary/aromatic N) is 1. The summed E-state index contributed by atoms with van der Waals surface area (Å²) in [7, 11) is 2.84. The molecular formula is C16H17F3N2O5. The molecule has 10 heteroatoms. The van der Waals surface area contributed by atoms with Gasteiger partial charge >= 0.3 is 18.2 Å². The number of ether oxygens (including phenoxy) is 3. The Morgan fingerprint density at radius 2 is 1.88 bits per heavy atom. The number of halogens is 3. The number of hydrogen-bond acceptors (Lipinski definition) is 5. The van der Waals surface area contributed by atoms with Gasteiger partial charge in [0.15, 0.2) is 18.1 Å². The highest BCUT2D eigenvalue weighted by Crippen LogP contribution is 2.34. The minimum absolute atomic E-state index is 0.0562. The van der Waals surface area contributed by atoms with Crippen molar-refractivity contribution in [1.82, 2.24) is 5.32 Å². The fourth-order valence-corrected chi connectivity index (χ4v) is 2.59. The number of alkyl halides is 3. The second-order valence-corrected chi connectivity index (χ2v) is 5.50. The summed E-state index contributed by atoms with van der Waals surface area (Å²) in [5.74, 6) is -1.58. The zero-order chi connectivity index (χ0) is 19.5. The van der Waals surface area contributed by atoms with E-state index in [2.05, 4.69) is 15.0 Å². The number of amides is 2. The van der Waals surface area contributed by atoms with Gasteiger partial charge in [0.25, 0.3) is 0 Å². The fraction of sp³-hybridized carbons (Fsp3) is 0.438. The molecule has 2 rings (SSSR count). The van der Waals surface area contributed by atoms with Gasteiger partial charge in [0.2, 0.25) is 0 Å². The molecule has 0 aromatic heterocycles. The fourth-order valence-electron chi connectivity index (χ4n) is 2.59. The van der Waals surface area contributed by atoms with Gasteiger partial charge in [-0.25, -0.2) is 9.79 Å². The molecule has 142 valence electrons. The average Bonchev–Trinajstić information content (AvgIpc) is 2.57. The van der Waals surface area contributed by atoms with Crippen LogP contribution < -0.4 is 14.8 Å². The van der Waals surface area contributed by atoms with E-state index in [1.807, 2.05) is 0 Å². The van der Waals surface area contributed by atoms with E-state index in [1.54, 1.807) is 12.1 Å². The Morgan fingerprint density at radius 3 is 2.46 bits per heavy atom. The SMILES string of the molecule is COc1ccc(C2NC(=O)N=C(C)C2C(=O)OCC(F)(F)F)cc1OC. The molecule has 0 spiro atoms. The lowest BCUT2D eigenvalue weighted by Gasteiger charge is -2.30. The number of nitrogens with one attached hydrogen (secondary N) is 1. The van der Waals surface area contributed by atoms with Crippen molar-refractivity contribution in [3.05, 3.63) is 23.8 Å². The summed E-state index contributed by atoms with van der Waals surface area (Å²) >= 11 is 0. The van der Waals surface area contributed by atoms with E-state index in [1.165, 1.54) is 27.2 Å². The van der Waals surface area contributed by atoms with E-state index in [0.717, 1.165) is 0 Å². The van der Waals surface area contributed by atoms with Gasteiger partial charge in [-0.05, 0) is 24.6 Å². The first-order chi connectivity index (χ1) is 12.2. The molecule has 1 aromatic rings. The summed E-state index contributed by atoms with van der Waals surface area (Å²) in [5, 5.41) is 2.48. The molecule has 1 aromatic carbocycles. The molecule has 0 bridgehead atoms. The second kappa shape index (κ2) is 7.63. The average molecular weight is 374 g/mol. The second-order valence-electron chi connectivity index (χ2n) is 5.50. The van der Waals surface area contributed by atoms with Crippen LogP contribution >= 0.6 is 0 Å². The molecule has 0 radical (unpaired) electrons. The molecule has 0 saturated carbocycles. The maximum absolute atomic E-state index is 12.3. The number of carbonyl (C=O) groups excluding carboxylic acids is 2. The Bertz CT molecular complexity index is 733. The van der Waals surface area contributed by atoms with Crippen LogP contribution in [0.3, 0.4) is 0 Å². The van der Waals surface area contributed by atoms with E-state index >= 15 is 0 Å². The van der Waals surface area contributed by atoms with E-state index in [9.17, 15) is 22.8 Å². The highest BCUT2D eigenvalue weighted by atomic mass is 19.4. The van der Waals surface area contributed by atoms with Crippen LogP contribution in [0.5, 0.6) is 11.5 Å². The summed E-state index contributed by atoms with van der Waals surface area (Å²) in [6, 6.07) is 2.98. The Balaban J connectivity index is 2.36. The molecule has 0 aliphatic carbocycles. The Morgan fingerprint density at radius 1 is 1.23 bits per heavy atom. The van der Waals surface area contributed by atoms with Gasteiger partial charge in [-0.1, -0.05) is 6.07 Å². The van der Waals surface area contributed by atoms with Crippen LogP contribution in [0.2, 0.25) is 0 Å². The van der Waals surface area contributed by atoms with Crippen LogP contribution in [-0.4, -0.2) is 44.7 Å². The van der Waals surface area contributed by atoms with Crippen LogP contribution in [0, 0.1) is 5.92 Å². The van der Waals surface area contributed by atoms with E-state index in [4.69, 9.17) is 9.47 Å². The number of methoxy groups -OCH3 is 2. The summed E-state index contributed by atoms with van der Waals surface area (Å²) in [6.07, 6.45) is -4.66. The van der Waals surface area contributed by atoms with Crippen molar-refractivity contribution >= 4 is 17.7 Å². The molecule has 1 N–H and O–H groups in total. The highest BCUT2D eigenvalue weighted by molar-refractivity contribution is 6.08. The lowest BCUT2D eigenvalue weighted by Crippen LogP contribution is -2.44. The number of aliphatic imine (C=N–C) groups is 1. The summed E-state index contributed by atoms with van der Waals surface area (Å²) in [6.45, 7) is -0.339. The molecule has 1 aliphatic heterocycles. The quantitative estimate of drug-likeness (QED) is 0.801. The van der Waals surface area contributed by atoms with Crippen LogP contribution in [0.1, 0.15) is 18.5 Å². The molecular weight excluding hydrogens is 357 g/mol. The van der Waals surface area contributed by atoms with Crippen molar-refractivity contribution in [2.75, 3.05) is 20.8 Å². The first-order valence-corrected chi connectivity index (χ1v) is 7.47. The third-order valence-corrected chi connectivity index (χ3v) is 3.74. The topological polar surface area (TPSA) is 86.2 Å². The van der Waals surface area contributed by atoms with E-state index in [0.29, 0.717) is 17.1 Å². The predicted octanol–water partition coefficient (Wildman–Crippen LogP) is 2.65. The van der Waals surface area contributed by atoms with Gasteiger partial charge in [0.1, 0.15) is 5.92 Å². The van der Waals surface area contributed by atoms with Gasteiger partial charge in [-0.15, -0.1) is 0 Å². The smallest absolute Gasteiger partial charge is 0.422 e. The van der Waals surface area contributed by atoms with Gasteiger partial charge in [-0.2, -0.15) is 13.2 Å². The van der Waals surface area contributed by atoms with Gasteiger partial charge in [0.05, 0.1) is 20.3 Å². The minimum Gasteiger partial charge on any atom is -0.493 e. The number of hydrogen-bond donors (Lipinski definition) is 1. The lowest BCUT2D eigenvalue weighted by atomic mass is 9.88. The Labute approximate surface area is 147 Å². The zero-order valence-corrected chi connectivity index (χ0v) is 14.2. The third kappa shape index (κ3) is 4.44. The molecule has 2 amide bonds. The predicted molar refractivity (Wildman–Crippen MR) is 84.4 cm³/mol. The first-order valence-electron chi connectivity index (χ1n) is 7.47. The summed E-state index contributed by atoms with van der Waals surface area (Å²) < 4.78 is 51.7. The van der Waals surface area contributed by atoms with Crippen LogP contribution in [0.4, 0.5) is 18.0 Å². The summed E-state index contributed by atoms with van der Waals surface area (Å²) in [4.78, 5) is 27.6. The molecule has 2 unspecified atom stereocenters. The monoisotopic (exact) mass is 374 g/mol. The molecule has 26 heavy (non-hydrogen) atoms. The van der Waals surface area contributed by atoms with Gasteiger partial charge in [-0.3, -0.25) is 4.79 Å². The Kier molecular flexibility index (Phi) is 5.73. The normalized spacial score (nSPS) is 20.1. The maximum atomic E-state index is 12.3. The largest absolute Gasteiger partial charge is 0.493 e. The number of carbonyl (C=O) groups is 2. The molecule has 2 atom stereocenters. The minimum atomic E-state index is -4.66. The number of rotatable bonds is 5. The standard InChI is InChI=1S/C16H17F3N2O5/c1-8-12(14(22)26-7-16(17,18)19)13(21-15(23)20-8)9-4-5-10(24-2)11(6-9)25-3/h4-6,12-13H,7H2,1-3H3,(H,21,23). The van der Waals surface area contributed by atoms with Crippen LogP contribution in [0.25, 0.3) is 0 Å². The number of urea groups is 1. The van der Waals surface area contributed by atoms with Crippen molar-refractivity contribution in [3.8, 4) is 11.5 Å². The van der Waals surface area contributed by atoms with Crippen LogP contribution in [0.15, 0.2) is 23.2 Å². The first kappa shape index (κ1) is 19.5. The van der Waals surface area contributed by atoms with Crippen molar-refractivity contribution in [2.24, 2.45) is 10.9 Å². The van der Waals surface area contributed by atoms with Gasteiger partial charge < -0.3 is 19.5 Å². The highest BCUT2D eigenvalue weighted by Gasteiger charge is 2.40. The van der Waals surface area contributed by atoms with Crippen molar-refractivity contribution in [2.45, 2.75) is 19.1 Å². The zero-order valence-electron chi connectivity index (χ0n) is 14.2. The van der Waals surface area contributed by atoms with Crippen LogP contribution in [-0.2, 0) is 9.53 Å². The summed E-state index contributed by atoms with van der Waals surface area (Å²) in [5.41, 5.74) is 0.486. The van der Waals surface area contributed by atoms with E-state index < -0.39 is 36.7 Å². The Hall–Kier alpha value is -2.78. The van der Waals surface area contributed by atoms with Gasteiger partial charge in [0, 0.05) is 5.71 Å². The third-order valence-electron chi connectivity index (χ3n) is 3.74. The number of benzene rings is 1.